The van der Waals surface area contributed by atoms with Crippen LogP contribution in [-0.2, 0) is 16.0 Å². The normalized spacial score (nSPS) is 13.5. The van der Waals surface area contributed by atoms with E-state index in [1.807, 2.05) is 13.8 Å². The summed E-state index contributed by atoms with van der Waals surface area (Å²) in [4.78, 5) is 31.1. The molecule has 0 aliphatic rings. The molecular weight excluding hydrogens is 338 g/mol. The number of hydrogen-bond donors (Lipinski definition) is 3. The number of carbonyl (C=O) groups is 2. The summed E-state index contributed by atoms with van der Waals surface area (Å²) in [6.45, 7) is 3.78. The first-order valence-electron chi connectivity index (χ1n) is 8.43. The summed E-state index contributed by atoms with van der Waals surface area (Å²) >= 11 is 0. The molecule has 2 aromatic rings. The highest BCUT2D eigenvalue weighted by atomic mass is 16.4. The highest BCUT2D eigenvalue weighted by Crippen LogP contribution is 2.18. The Balaban J connectivity index is 1.99. The Morgan fingerprint density at radius 1 is 1.15 bits per heavy atom. The van der Waals surface area contributed by atoms with Crippen molar-refractivity contribution in [2.45, 2.75) is 45.2 Å². The van der Waals surface area contributed by atoms with E-state index in [2.05, 4.69) is 15.3 Å². The minimum Gasteiger partial charge on any atom is -0.480 e. The summed E-state index contributed by atoms with van der Waals surface area (Å²) in [5, 5.41) is 21.4. The zero-order valence-electron chi connectivity index (χ0n) is 14.8. The van der Waals surface area contributed by atoms with Crippen molar-refractivity contribution in [3.63, 3.8) is 0 Å². The molecule has 0 aliphatic carbocycles. The highest BCUT2D eigenvalue weighted by Gasteiger charge is 2.26. The van der Waals surface area contributed by atoms with Crippen molar-refractivity contribution in [2.24, 2.45) is 5.92 Å². The Morgan fingerprint density at radius 2 is 1.81 bits per heavy atom. The van der Waals surface area contributed by atoms with Gasteiger partial charge < -0.3 is 14.6 Å². The molecular formula is C18H23N3O5. The van der Waals surface area contributed by atoms with E-state index in [-0.39, 0.29) is 18.8 Å². The smallest absolute Gasteiger partial charge is 0.320 e. The summed E-state index contributed by atoms with van der Waals surface area (Å²) in [5.74, 6) is -1.62. The van der Waals surface area contributed by atoms with Crippen molar-refractivity contribution in [1.82, 2.24) is 15.3 Å². The van der Waals surface area contributed by atoms with Crippen LogP contribution < -0.4 is 5.32 Å². The topological polar surface area (TPSA) is 126 Å². The number of pyridine rings is 1. The quantitative estimate of drug-likeness (QED) is 0.588. The molecule has 3 N–H and O–H groups in total. The molecule has 0 radical (unpaired) electrons. The van der Waals surface area contributed by atoms with Gasteiger partial charge in [-0.05, 0) is 30.9 Å². The van der Waals surface area contributed by atoms with Gasteiger partial charge in [0.1, 0.15) is 24.0 Å². The maximum Gasteiger partial charge on any atom is 0.320 e. The molecule has 0 bridgehead atoms. The van der Waals surface area contributed by atoms with Crippen LogP contribution in [-0.4, -0.2) is 44.2 Å². The molecule has 0 spiro atoms. The number of carboxylic acid groups (broad SMARTS) is 2. The Hall–Kier alpha value is -2.74. The number of oxazole rings is 1. The molecule has 0 aromatic carbocycles. The number of aryl methyl sites for hydroxylation is 1. The Kier molecular flexibility index (Phi) is 6.85. The van der Waals surface area contributed by atoms with E-state index in [4.69, 9.17) is 4.42 Å². The van der Waals surface area contributed by atoms with E-state index in [9.17, 15) is 19.8 Å². The monoisotopic (exact) mass is 361 g/mol. The highest BCUT2D eigenvalue weighted by molar-refractivity contribution is 5.77. The molecule has 0 saturated carbocycles. The van der Waals surface area contributed by atoms with Crippen molar-refractivity contribution >= 4 is 11.9 Å². The maximum absolute atomic E-state index is 11.5. The molecule has 2 aromatic heterocycles. The van der Waals surface area contributed by atoms with Crippen LogP contribution in [0.25, 0.3) is 11.3 Å². The molecule has 140 valence electrons. The van der Waals surface area contributed by atoms with Gasteiger partial charge in [0.05, 0.1) is 0 Å². The van der Waals surface area contributed by atoms with E-state index in [0.29, 0.717) is 18.0 Å². The Morgan fingerprint density at radius 3 is 2.38 bits per heavy atom. The van der Waals surface area contributed by atoms with E-state index in [0.717, 1.165) is 5.56 Å². The Labute approximate surface area is 151 Å². The second-order valence-electron chi connectivity index (χ2n) is 6.48. The van der Waals surface area contributed by atoms with Gasteiger partial charge in [0.25, 0.3) is 0 Å². The molecule has 2 unspecified atom stereocenters. The largest absolute Gasteiger partial charge is 0.480 e. The molecule has 0 aliphatic heterocycles. The lowest BCUT2D eigenvalue weighted by Gasteiger charge is -2.21. The van der Waals surface area contributed by atoms with Crippen molar-refractivity contribution in [2.75, 3.05) is 0 Å². The van der Waals surface area contributed by atoms with Crippen LogP contribution in [0.5, 0.6) is 0 Å². The third kappa shape index (κ3) is 5.66. The average molecular weight is 361 g/mol. The molecule has 2 heterocycles. The van der Waals surface area contributed by atoms with E-state index in [1.54, 1.807) is 24.5 Å². The molecule has 26 heavy (non-hydrogen) atoms. The van der Waals surface area contributed by atoms with Crippen LogP contribution in [0.2, 0.25) is 0 Å². The van der Waals surface area contributed by atoms with E-state index >= 15 is 0 Å². The lowest BCUT2D eigenvalue weighted by Crippen LogP contribution is -2.48. The molecule has 2 rings (SSSR count). The van der Waals surface area contributed by atoms with Gasteiger partial charge in [0.2, 0.25) is 0 Å². The van der Waals surface area contributed by atoms with Crippen molar-refractivity contribution in [3.05, 3.63) is 36.7 Å². The van der Waals surface area contributed by atoms with Crippen molar-refractivity contribution < 1.29 is 24.2 Å². The zero-order valence-corrected chi connectivity index (χ0v) is 14.8. The summed E-state index contributed by atoms with van der Waals surface area (Å²) in [6.07, 6.45) is 5.61. The van der Waals surface area contributed by atoms with Crippen LogP contribution in [0.1, 0.15) is 32.6 Å². The fourth-order valence-electron chi connectivity index (χ4n) is 2.58. The van der Waals surface area contributed by atoms with Gasteiger partial charge in [0, 0.05) is 24.4 Å². The fourth-order valence-corrected chi connectivity index (χ4v) is 2.58. The van der Waals surface area contributed by atoms with Gasteiger partial charge in [0.15, 0.2) is 5.89 Å². The standard InChI is InChI=1S/C18H23N3O5/c1-11(2)9-14(18(24)25)20-13(17(22)23)3-4-16-21-15(10-26-16)12-5-7-19-8-6-12/h5-8,10-11,13-14,20H,3-4,9H2,1-2H3,(H,22,23)(H,24,25). The number of nitrogens with one attached hydrogen (secondary N) is 1. The first kappa shape index (κ1) is 19.6. The van der Waals surface area contributed by atoms with Gasteiger partial charge in [-0.3, -0.25) is 19.9 Å². The molecule has 0 saturated heterocycles. The maximum atomic E-state index is 11.5. The van der Waals surface area contributed by atoms with Gasteiger partial charge in [-0.1, -0.05) is 13.8 Å². The predicted molar refractivity (Wildman–Crippen MR) is 93.5 cm³/mol. The molecule has 2 atom stereocenters. The Bertz CT molecular complexity index is 729. The lowest BCUT2D eigenvalue weighted by atomic mass is 10.0. The van der Waals surface area contributed by atoms with Crippen molar-refractivity contribution in [1.29, 1.82) is 0 Å². The molecule has 8 heteroatoms. The molecule has 8 nitrogen and oxygen atoms in total. The van der Waals surface area contributed by atoms with Crippen LogP contribution in [0.15, 0.2) is 35.2 Å². The second kappa shape index (κ2) is 9.10. The predicted octanol–water partition coefficient (Wildman–Crippen LogP) is 2.21. The molecule has 0 fully saturated rings. The van der Waals surface area contributed by atoms with Crippen molar-refractivity contribution in [3.8, 4) is 11.3 Å². The third-order valence-corrected chi connectivity index (χ3v) is 3.88. The van der Waals surface area contributed by atoms with E-state index < -0.39 is 24.0 Å². The summed E-state index contributed by atoms with van der Waals surface area (Å²) in [7, 11) is 0. The van der Waals surface area contributed by atoms with Gasteiger partial charge in [-0.15, -0.1) is 0 Å². The number of rotatable bonds is 10. The summed E-state index contributed by atoms with van der Waals surface area (Å²) in [6, 6.07) is 1.69. The van der Waals surface area contributed by atoms with Gasteiger partial charge >= 0.3 is 11.9 Å². The number of nitrogens with zero attached hydrogens (tertiary/aromatic N) is 2. The SMILES string of the molecule is CC(C)CC(NC(CCc1nc(-c2ccncc2)co1)C(=O)O)C(=O)O. The van der Waals surface area contributed by atoms with Crippen LogP contribution in [0, 0.1) is 5.92 Å². The van der Waals surface area contributed by atoms with Crippen LogP contribution >= 0.6 is 0 Å². The average Bonchev–Trinajstić information content (AvgIpc) is 3.06. The molecule has 0 amide bonds. The zero-order chi connectivity index (χ0) is 19.1. The number of aliphatic carboxylic acids is 2. The lowest BCUT2D eigenvalue weighted by molar-refractivity contribution is -0.143. The third-order valence-electron chi connectivity index (χ3n) is 3.88. The summed E-state index contributed by atoms with van der Waals surface area (Å²) < 4.78 is 5.40. The fraction of sp³-hybridized carbons (Fsp3) is 0.444. The van der Waals surface area contributed by atoms with Gasteiger partial charge in [-0.25, -0.2) is 4.98 Å². The first-order valence-corrected chi connectivity index (χ1v) is 8.43. The number of aromatic nitrogens is 2. The minimum absolute atomic E-state index is 0.132. The number of hydrogen-bond acceptors (Lipinski definition) is 6. The van der Waals surface area contributed by atoms with Gasteiger partial charge in [-0.2, -0.15) is 0 Å². The second-order valence-corrected chi connectivity index (χ2v) is 6.48. The first-order chi connectivity index (χ1) is 12.4. The summed E-state index contributed by atoms with van der Waals surface area (Å²) in [5.41, 5.74) is 1.50. The van der Waals surface area contributed by atoms with Crippen LogP contribution in [0.3, 0.4) is 0 Å². The van der Waals surface area contributed by atoms with Crippen LogP contribution in [0.4, 0.5) is 0 Å². The van der Waals surface area contributed by atoms with E-state index in [1.165, 1.54) is 6.26 Å². The number of carboxylic acids is 2. The minimum atomic E-state index is -1.10.